The van der Waals surface area contributed by atoms with Gasteiger partial charge < -0.3 is 9.80 Å². The number of benzene rings is 1. The molecule has 3 aromatic heterocycles. The number of para-hydroxylation sites is 1. The van der Waals surface area contributed by atoms with E-state index in [1.807, 2.05) is 54.5 Å². The number of amides is 1. The van der Waals surface area contributed by atoms with E-state index in [2.05, 4.69) is 25.6 Å². The Morgan fingerprint density at radius 1 is 1.16 bits per heavy atom. The Hall–Kier alpha value is -3.00. The van der Waals surface area contributed by atoms with Gasteiger partial charge in [-0.1, -0.05) is 18.2 Å². The van der Waals surface area contributed by atoms with Gasteiger partial charge in [-0.25, -0.2) is 9.38 Å². The summed E-state index contributed by atoms with van der Waals surface area (Å²) in [5.74, 6) is 1.85. The Balaban J connectivity index is 1.63. The molecule has 1 aromatic carbocycles. The van der Waals surface area contributed by atoms with Crippen LogP contribution in [0, 0.1) is 5.92 Å². The lowest BCUT2D eigenvalue weighted by atomic mass is 9.96. The predicted molar refractivity (Wildman–Crippen MR) is 124 cm³/mol. The largest absolute Gasteiger partial charge is 0.343 e. The van der Waals surface area contributed by atoms with Crippen LogP contribution < -0.4 is 4.90 Å². The Morgan fingerprint density at radius 2 is 2.00 bits per heavy atom. The maximum Gasteiger partial charge on any atom is 0.227 e. The van der Waals surface area contributed by atoms with Crippen LogP contribution >= 0.6 is 11.3 Å². The number of carbonyl (C=O) groups is 1. The van der Waals surface area contributed by atoms with E-state index < -0.39 is 0 Å². The quantitative estimate of drug-likeness (QED) is 0.473. The molecule has 0 bridgehead atoms. The zero-order valence-corrected chi connectivity index (χ0v) is 18.7. The molecular formula is C23H26N6OS. The molecule has 1 atom stereocenters. The number of thiophene rings is 1. The monoisotopic (exact) mass is 434 g/mol. The number of carbonyl (C=O) groups excluding carboxylic acids is 1. The van der Waals surface area contributed by atoms with E-state index in [4.69, 9.17) is 4.98 Å². The number of nitrogens with zero attached hydrogens (tertiary/aromatic N) is 6. The molecule has 4 aromatic rings. The van der Waals surface area contributed by atoms with Crippen LogP contribution in [0.15, 0.2) is 41.8 Å². The first-order valence-corrected chi connectivity index (χ1v) is 11.8. The summed E-state index contributed by atoms with van der Waals surface area (Å²) in [6.07, 6.45) is 1.88. The van der Waals surface area contributed by atoms with Gasteiger partial charge in [0, 0.05) is 31.6 Å². The molecule has 0 unspecified atom stereocenters. The van der Waals surface area contributed by atoms with Gasteiger partial charge in [0.25, 0.3) is 0 Å². The van der Waals surface area contributed by atoms with Crippen molar-refractivity contribution in [1.82, 2.24) is 24.5 Å². The van der Waals surface area contributed by atoms with Crippen molar-refractivity contribution in [3.8, 4) is 10.7 Å². The third-order valence-electron chi connectivity index (χ3n) is 6.10. The molecular weight excluding hydrogens is 408 g/mol. The number of fused-ring (bicyclic) bond motifs is 3. The van der Waals surface area contributed by atoms with Crippen LogP contribution in [0.25, 0.3) is 27.3 Å². The third-order valence-corrected chi connectivity index (χ3v) is 6.96. The van der Waals surface area contributed by atoms with Crippen molar-refractivity contribution in [3.05, 3.63) is 41.8 Å². The Bertz CT molecular complexity index is 1210. The summed E-state index contributed by atoms with van der Waals surface area (Å²) in [5, 5.41) is 12.1. The molecule has 160 valence electrons. The normalized spacial score (nSPS) is 16.8. The number of hydrogen-bond acceptors (Lipinski definition) is 6. The minimum atomic E-state index is -0.0151. The van der Waals surface area contributed by atoms with Crippen LogP contribution in [0.2, 0.25) is 0 Å². The van der Waals surface area contributed by atoms with E-state index in [1.54, 1.807) is 11.3 Å². The molecule has 4 heterocycles. The topological polar surface area (TPSA) is 66.6 Å². The molecule has 0 radical (unpaired) electrons. The Kier molecular flexibility index (Phi) is 5.31. The fourth-order valence-corrected chi connectivity index (χ4v) is 5.20. The van der Waals surface area contributed by atoms with Crippen molar-refractivity contribution < 1.29 is 4.79 Å². The maximum absolute atomic E-state index is 13.1. The van der Waals surface area contributed by atoms with E-state index >= 15 is 0 Å². The van der Waals surface area contributed by atoms with Crippen LogP contribution in [0.1, 0.15) is 26.7 Å². The van der Waals surface area contributed by atoms with Crippen molar-refractivity contribution in [3.63, 3.8) is 0 Å². The molecule has 7 nitrogen and oxygen atoms in total. The Labute approximate surface area is 185 Å². The zero-order valence-electron chi connectivity index (χ0n) is 17.9. The standard InChI is InChI=1S/C23H26N6OS/c1-3-27(4-2)22(30)16-9-7-13-28(15-16)23-24-18-11-6-5-10-17(18)20-25-26-21(29(20)23)19-12-8-14-31-19/h5-6,8,10-12,14,16H,3-4,7,9,13,15H2,1-2H3/t16-/m1/s1. The van der Waals surface area contributed by atoms with Gasteiger partial charge in [-0.2, -0.15) is 0 Å². The first kappa shape index (κ1) is 19.9. The summed E-state index contributed by atoms with van der Waals surface area (Å²) in [6, 6.07) is 12.1. The number of anilines is 1. The second kappa shape index (κ2) is 8.26. The molecule has 5 rings (SSSR count). The van der Waals surface area contributed by atoms with Crippen LogP contribution in [0.4, 0.5) is 5.95 Å². The van der Waals surface area contributed by atoms with Gasteiger partial charge in [-0.15, -0.1) is 21.5 Å². The minimum Gasteiger partial charge on any atom is -0.343 e. The third kappa shape index (κ3) is 3.44. The molecule has 0 spiro atoms. The van der Waals surface area contributed by atoms with Gasteiger partial charge >= 0.3 is 0 Å². The summed E-state index contributed by atoms with van der Waals surface area (Å²) < 4.78 is 2.07. The molecule has 0 aliphatic carbocycles. The molecule has 1 aliphatic heterocycles. The van der Waals surface area contributed by atoms with Gasteiger partial charge in [-0.3, -0.25) is 4.79 Å². The van der Waals surface area contributed by atoms with Gasteiger partial charge in [-0.05, 0) is 50.3 Å². The zero-order chi connectivity index (χ0) is 21.4. The van der Waals surface area contributed by atoms with E-state index in [-0.39, 0.29) is 11.8 Å². The summed E-state index contributed by atoms with van der Waals surface area (Å²) in [4.78, 5) is 23.3. The van der Waals surface area contributed by atoms with Gasteiger partial charge in [0.05, 0.1) is 16.3 Å². The second-order valence-corrected chi connectivity index (χ2v) is 8.83. The predicted octanol–water partition coefficient (Wildman–Crippen LogP) is 4.09. The highest BCUT2D eigenvalue weighted by Crippen LogP contribution is 2.32. The second-order valence-electron chi connectivity index (χ2n) is 7.88. The fourth-order valence-electron chi connectivity index (χ4n) is 4.50. The SMILES string of the molecule is CCN(CC)C(=O)[C@@H]1CCCN(c2nc3ccccc3c3nnc(-c4cccs4)n23)C1. The van der Waals surface area contributed by atoms with Crippen LogP contribution in [-0.2, 0) is 4.79 Å². The molecule has 1 fully saturated rings. The summed E-state index contributed by atoms with van der Waals surface area (Å²) in [7, 11) is 0. The number of piperidine rings is 1. The van der Waals surface area contributed by atoms with Crippen molar-refractivity contribution in [2.24, 2.45) is 5.92 Å². The van der Waals surface area contributed by atoms with Gasteiger partial charge in [0.15, 0.2) is 11.5 Å². The lowest BCUT2D eigenvalue weighted by molar-refractivity contribution is -0.135. The van der Waals surface area contributed by atoms with Gasteiger partial charge in [0.2, 0.25) is 11.9 Å². The summed E-state index contributed by atoms with van der Waals surface area (Å²) >= 11 is 1.64. The lowest BCUT2D eigenvalue weighted by Gasteiger charge is -2.35. The number of aromatic nitrogens is 4. The molecule has 1 saturated heterocycles. The Morgan fingerprint density at radius 3 is 2.77 bits per heavy atom. The minimum absolute atomic E-state index is 0.0151. The van der Waals surface area contributed by atoms with E-state index in [0.29, 0.717) is 6.54 Å². The summed E-state index contributed by atoms with van der Waals surface area (Å²) in [5.41, 5.74) is 1.70. The van der Waals surface area contributed by atoms with Crippen molar-refractivity contribution in [2.45, 2.75) is 26.7 Å². The summed E-state index contributed by atoms with van der Waals surface area (Å²) in [6.45, 7) is 7.11. The first-order chi connectivity index (χ1) is 15.2. The van der Waals surface area contributed by atoms with Crippen LogP contribution in [0.3, 0.4) is 0 Å². The highest BCUT2D eigenvalue weighted by molar-refractivity contribution is 7.13. The maximum atomic E-state index is 13.1. The molecule has 0 saturated carbocycles. The van der Waals surface area contributed by atoms with Gasteiger partial charge in [0.1, 0.15) is 0 Å². The molecule has 31 heavy (non-hydrogen) atoms. The van der Waals surface area contributed by atoms with Crippen molar-refractivity contribution in [1.29, 1.82) is 0 Å². The smallest absolute Gasteiger partial charge is 0.227 e. The average Bonchev–Trinajstić information content (AvgIpc) is 3.49. The molecule has 1 amide bonds. The van der Waals surface area contributed by atoms with E-state index in [1.165, 1.54) is 0 Å². The average molecular weight is 435 g/mol. The van der Waals surface area contributed by atoms with Crippen LogP contribution in [0.5, 0.6) is 0 Å². The van der Waals surface area contributed by atoms with E-state index in [9.17, 15) is 4.79 Å². The lowest BCUT2D eigenvalue weighted by Crippen LogP contribution is -2.45. The van der Waals surface area contributed by atoms with E-state index in [0.717, 1.165) is 65.7 Å². The molecule has 1 aliphatic rings. The van der Waals surface area contributed by atoms with Crippen LogP contribution in [-0.4, -0.2) is 56.6 Å². The van der Waals surface area contributed by atoms with Crippen molar-refractivity contribution in [2.75, 3.05) is 31.1 Å². The van der Waals surface area contributed by atoms with Crippen molar-refractivity contribution >= 4 is 39.7 Å². The fraction of sp³-hybridized carbons (Fsp3) is 0.391. The molecule has 0 N–H and O–H groups in total. The molecule has 8 heteroatoms. The first-order valence-electron chi connectivity index (χ1n) is 10.9. The number of hydrogen-bond donors (Lipinski definition) is 0. The highest BCUT2D eigenvalue weighted by atomic mass is 32.1. The highest BCUT2D eigenvalue weighted by Gasteiger charge is 2.31. The number of rotatable bonds is 5.